The largest absolute Gasteiger partial charge is 0.609 e. The van der Waals surface area contributed by atoms with Gasteiger partial charge in [0.15, 0.2) is 23.9 Å². The molecule has 35 heavy (non-hydrogen) atoms. The molecule has 4 rings (SSSR count). The zero-order valence-corrected chi connectivity index (χ0v) is 19.7. The molecule has 184 valence electrons. The van der Waals surface area contributed by atoms with E-state index < -0.39 is 24.0 Å². The minimum atomic E-state index is -4.44. The molecular formula is C24H22F3N3O4S. The monoisotopic (exact) mass is 505 g/mol. The number of nitrogens with zero attached hydrogens (tertiary/aromatic N) is 2. The van der Waals surface area contributed by atoms with E-state index in [9.17, 15) is 17.7 Å². The van der Waals surface area contributed by atoms with Crippen molar-refractivity contribution in [2.75, 3.05) is 13.7 Å². The van der Waals surface area contributed by atoms with E-state index in [1.54, 1.807) is 0 Å². The number of halogens is 3. The van der Waals surface area contributed by atoms with Crippen molar-refractivity contribution in [1.82, 2.24) is 15.0 Å². The number of imidazole rings is 1. The van der Waals surface area contributed by atoms with Crippen LogP contribution in [-0.2, 0) is 23.5 Å². The van der Waals surface area contributed by atoms with Crippen LogP contribution in [0.15, 0.2) is 59.9 Å². The molecule has 0 amide bonds. The number of alkyl halides is 3. The molecule has 2 aromatic carbocycles. The molecule has 2 heterocycles. The molecule has 1 unspecified atom stereocenters. The van der Waals surface area contributed by atoms with Crippen LogP contribution in [-0.4, -0.2) is 39.4 Å². The van der Waals surface area contributed by atoms with Crippen LogP contribution in [0.5, 0.6) is 17.2 Å². The van der Waals surface area contributed by atoms with Gasteiger partial charge in [0, 0.05) is 22.8 Å². The average Bonchev–Trinajstić information content (AvgIpc) is 3.27. The first-order chi connectivity index (χ1) is 16.7. The molecule has 0 spiro atoms. The van der Waals surface area contributed by atoms with Crippen molar-refractivity contribution < 1.29 is 31.9 Å². The fraction of sp³-hybridized carbons (Fsp3) is 0.250. The lowest BCUT2D eigenvalue weighted by Crippen LogP contribution is -2.19. The third kappa shape index (κ3) is 6.17. The number of fused-ring (bicyclic) bond motifs is 1. The maximum absolute atomic E-state index is 13.0. The van der Waals surface area contributed by atoms with Crippen LogP contribution in [0.4, 0.5) is 13.2 Å². The van der Waals surface area contributed by atoms with Crippen molar-refractivity contribution >= 4 is 22.2 Å². The Kier molecular flexibility index (Phi) is 7.37. The van der Waals surface area contributed by atoms with Gasteiger partial charge in [-0.1, -0.05) is 30.3 Å². The van der Waals surface area contributed by atoms with Gasteiger partial charge in [0.1, 0.15) is 12.4 Å². The summed E-state index contributed by atoms with van der Waals surface area (Å²) >= 11 is -1.60. The Morgan fingerprint density at radius 2 is 1.86 bits per heavy atom. The lowest BCUT2D eigenvalue weighted by molar-refractivity contribution is -0.153. The average molecular weight is 506 g/mol. The summed E-state index contributed by atoms with van der Waals surface area (Å²) in [6, 6.07) is 13.9. The predicted molar refractivity (Wildman–Crippen MR) is 124 cm³/mol. The molecule has 0 fully saturated rings. The van der Waals surface area contributed by atoms with Gasteiger partial charge in [0.25, 0.3) is 0 Å². The Labute approximate surface area is 202 Å². The van der Waals surface area contributed by atoms with E-state index in [1.165, 1.54) is 31.5 Å². The molecular weight excluding hydrogens is 483 g/mol. The van der Waals surface area contributed by atoms with Crippen LogP contribution in [0.1, 0.15) is 16.8 Å². The lowest BCUT2D eigenvalue weighted by atomic mass is 10.2. The molecule has 4 aromatic rings. The number of benzene rings is 2. The number of rotatable bonds is 9. The van der Waals surface area contributed by atoms with Crippen LogP contribution < -0.4 is 14.2 Å². The van der Waals surface area contributed by atoms with Gasteiger partial charge in [-0.2, -0.15) is 18.2 Å². The number of aromatic amines is 1. The van der Waals surface area contributed by atoms with E-state index in [1.807, 2.05) is 37.3 Å². The summed E-state index contributed by atoms with van der Waals surface area (Å²) in [4.78, 5) is 11.6. The molecule has 2 aromatic heterocycles. The van der Waals surface area contributed by atoms with Crippen LogP contribution in [0.3, 0.4) is 0 Å². The lowest BCUT2D eigenvalue weighted by Gasteiger charge is -2.16. The number of nitrogens with one attached hydrogen (secondary N) is 1. The maximum Gasteiger partial charge on any atom is 0.422 e. The highest BCUT2D eigenvalue weighted by Crippen LogP contribution is 2.34. The first-order valence-corrected chi connectivity index (χ1v) is 11.8. The molecule has 1 N–H and O–H groups in total. The van der Waals surface area contributed by atoms with Gasteiger partial charge in [-0.25, -0.2) is 0 Å². The van der Waals surface area contributed by atoms with Crippen LogP contribution in [0.25, 0.3) is 11.0 Å². The number of hydrogen-bond acceptors (Lipinski definition) is 6. The molecule has 0 saturated heterocycles. The Bertz CT molecular complexity index is 1300. The van der Waals surface area contributed by atoms with Crippen molar-refractivity contribution in [3.63, 3.8) is 0 Å². The molecule has 0 saturated carbocycles. The summed E-state index contributed by atoms with van der Waals surface area (Å²) in [6.45, 7) is 0.733. The third-order valence-corrected chi connectivity index (χ3v) is 6.26. The van der Waals surface area contributed by atoms with Crippen molar-refractivity contribution in [2.45, 2.75) is 30.6 Å². The zero-order chi connectivity index (χ0) is 25.0. The highest BCUT2D eigenvalue weighted by Gasteiger charge is 2.28. The van der Waals surface area contributed by atoms with Gasteiger partial charge >= 0.3 is 11.3 Å². The fourth-order valence-corrected chi connectivity index (χ4v) is 4.43. The van der Waals surface area contributed by atoms with Crippen LogP contribution in [0.2, 0.25) is 0 Å². The quantitative estimate of drug-likeness (QED) is 0.318. The highest BCUT2D eigenvalue weighted by atomic mass is 32.2. The molecule has 0 aliphatic heterocycles. The van der Waals surface area contributed by atoms with Crippen molar-refractivity contribution in [3.8, 4) is 17.2 Å². The summed E-state index contributed by atoms with van der Waals surface area (Å²) < 4.78 is 66.4. The van der Waals surface area contributed by atoms with Gasteiger partial charge in [0.05, 0.1) is 30.0 Å². The number of pyridine rings is 1. The van der Waals surface area contributed by atoms with E-state index in [0.29, 0.717) is 40.4 Å². The Balaban J connectivity index is 1.51. The number of ether oxygens (including phenoxy) is 3. The zero-order valence-electron chi connectivity index (χ0n) is 18.9. The van der Waals surface area contributed by atoms with E-state index in [0.717, 1.165) is 5.56 Å². The van der Waals surface area contributed by atoms with Gasteiger partial charge in [-0.15, -0.1) is 0 Å². The van der Waals surface area contributed by atoms with E-state index in [2.05, 4.69) is 15.0 Å². The fourth-order valence-electron chi connectivity index (χ4n) is 3.33. The molecule has 1 atom stereocenters. The van der Waals surface area contributed by atoms with Crippen molar-refractivity contribution in [1.29, 1.82) is 0 Å². The Morgan fingerprint density at radius 3 is 2.57 bits per heavy atom. The summed E-state index contributed by atoms with van der Waals surface area (Å²) in [7, 11) is 1.52. The van der Waals surface area contributed by atoms with Crippen molar-refractivity contribution in [3.05, 3.63) is 71.5 Å². The number of methoxy groups -OCH3 is 1. The van der Waals surface area contributed by atoms with E-state index in [-0.39, 0.29) is 16.7 Å². The van der Waals surface area contributed by atoms with Gasteiger partial charge in [-0.3, -0.25) is 9.97 Å². The SMILES string of the molecule is COc1cnc(C[S+]([O-])c2nc3cc(OCC(F)(F)F)ccc3[nH]2)c(C)c1OCc1ccccc1. The smallest absolute Gasteiger partial charge is 0.422 e. The first-order valence-electron chi connectivity index (χ1n) is 10.5. The summed E-state index contributed by atoms with van der Waals surface area (Å²) in [6.07, 6.45) is -2.93. The summed E-state index contributed by atoms with van der Waals surface area (Å²) in [5.74, 6) is 1.04. The second-order valence-corrected chi connectivity index (χ2v) is 8.98. The summed E-state index contributed by atoms with van der Waals surface area (Å²) in [5, 5.41) is 0.178. The van der Waals surface area contributed by atoms with Crippen LogP contribution in [0, 0.1) is 6.92 Å². The predicted octanol–water partition coefficient (Wildman–Crippen LogP) is 5.10. The molecule has 0 radical (unpaired) electrons. The topological polar surface area (TPSA) is 92.3 Å². The normalized spacial score (nSPS) is 12.5. The molecule has 0 aliphatic carbocycles. The van der Waals surface area contributed by atoms with Gasteiger partial charge < -0.3 is 18.8 Å². The molecule has 11 heteroatoms. The maximum atomic E-state index is 13.0. The minimum absolute atomic E-state index is 0.0199. The van der Waals surface area contributed by atoms with Crippen molar-refractivity contribution in [2.24, 2.45) is 0 Å². The molecule has 7 nitrogen and oxygen atoms in total. The molecule has 0 bridgehead atoms. The Hall–Kier alpha value is -3.44. The minimum Gasteiger partial charge on any atom is -0.609 e. The number of hydrogen-bond donors (Lipinski definition) is 1. The second-order valence-electron chi connectivity index (χ2n) is 7.62. The highest BCUT2D eigenvalue weighted by molar-refractivity contribution is 7.90. The number of aromatic nitrogens is 3. The van der Waals surface area contributed by atoms with Gasteiger partial charge in [-0.05, 0) is 24.6 Å². The van der Waals surface area contributed by atoms with Gasteiger partial charge in [0.2, 0.25) is 0 Å². The second kappa shape index (κ2) is 10.4. The van der Waals surface area contributed by atoms with E-state index >= 15 is 0 Å². The van der Waals surface area contributed by atoms with E-state index in [4.69, 9.17) is 14.2 Å². The standard InChI is InChI=1S/C24H22F3N3O4S/c1-15-20(28-11-21(32-2)22(15)33-12-16-6-4-3-5-7-16)13-35(31)23-29-18-9-8-17(10-19(18)30-23)34-14-24(25,26)27/h3-11H,12-14H2,1-2H3,(H,29,30). The van der Waals surface area contributed by atoms with Crippen LogP contribution >= 0.6 is 0 Å². The summed E-state index contributed by atoms with van der Waals surface area (Å²) in [5.41, 5.74) is 3.09. The Morgan fingerprint density at radius 1 is 1.09 bits per heavy atom. The third-order valence-electron chi connectivity index (χ3n) is 5.10. The molecule has 0 aliphatic rings. The first kappa shape index (κ1) is 24.7. The number of H-pyrrole nitrogens is 1.